The van der Waals surface area contributed by atoms with Crippen LogP contribution in [0, 0.1) is 18.8 Å². The molecule has 2 amide bonds. The van der Waals surface area contributed by atoms with Crippen molar-refractivity contribution in [3.63, 3.8) is 0 Å². The predicted molar refractivity (Wildman–Crippen MR) is 106 cm³/mol. The van der Waals surface area contributed by atoms with Gasteiger partial charge in [-0.15, -0.1) is 0 Å². The highest BCUT2D eigenvalue weighted by Crippen LogP contribution is 2.52. The molecular weight excluding hydrogens is 372 g/mol. The molecule has 5 rings (SSSR count). The highest BCUT2D eigenvalue weighted by Gasteiger charge is 2.67. The Bertz CT molecular complexity index is 1130. The second kappa shape index (κ2) is 6.03. The van der Waals surface area contributed by atoms with Crippen LogP contribution in [0.4, 0.5) is 5.69 Å². The zero-order chi connectivity index (χ0) is 20.5. The van der Waals surface area contributed by atoms with Crippen LogP contribution in [0.3, 0.4) is 0 Å². The van der Waals surface area contributed by atoms with E-state index in [2.05, 4.69) is 5.32 Å². The van der Waals surface area contributed by atoms with Crippen LogP contribution >= 0.6 is 0 Å². The summed E-state index contributed by atoms with van der Waals surface area (Å²) in [5, 5.41) is 3.70. The zero-order valence-corrected chi connectivity index (χ0v) is 16.5. The fourth-order valence-corrected chi connectivity index (χ4v) is 4.89. The number of carbonyl (C=O) groups excluding carboxylic acids is 2. The number of likely N-dealkylation sites (tertiary alicyclic amines) is 1. The van der Waals surface area contributed by atoms with E-state index >= 15 is 0 Å². The van der Waals surface area contributed by atoms with Gasteiger partial charge in [0.25, 0.3) is 0 Å². The van der Waals surface area contributed by atoms with E-state index in [9.17, 15) is 14.4 Å². The molecule has 7 nitrogen and oxygen atoms in total. The molecule has 4 heterocycles. The van der Waals surface area contributed by atoms with Gasteiger partial charge in [0.2, 0.25) is 11.8 Å². The summed E-state index contributed by atoms with van der Waals surface area (Å²) in [4.78, 5) is 39.6. The van der Waals surface area contributed by atoms with E-state index < -0.39 is 29.2 Å². The molecule has 150 valence electrons. The van der Waals surface area contributed by atoms with Crippen LogP contribution in [0.5, 0.6) is 0 Å². The summed E-state index contributed by atoms with van der Waals surface area (Å²) in [7, 11) is 0. The summed E-state index contributed by atoms with van der Waals surface area (Å²) in [6, 6.07) is 6.70. The standard InChI is InChI=1S/C22H22N2O5/c1-11(2)24-10-22-7-6-15(29-22)18(19(22)21(24)27)20(26)23-13-4-5-14-12(3)8-17(25)28-16(14)9-13/h4-9,11,15,18-19H,10H2,1-3H3,(H,23,26)/t15-,18-,19+,22-/m0/s1. The van der Waals surface area contributed by atoms with Gasteiger partial charge in [-0.1, -0.05) is 12.2 Å². The van der Waals surface area contributed by atoms with Crippen molar-refractivity contribution in [3.05, 3.63) is 52.4 Å². The summed E-state index contributed by atoms with van der Waals surface area (Å²) in [6.07, 6.45) is 3.43. The molecule has 3 aliphatic heterocycles. The van der Waals surface area contributed by atoms with Crippen molar-refractivity contribution >= 4 is 28.5 Å². The minimum atomic E-state index is -0.707. The number of carbonyl (C=O) groups is 2. The Hall–Kier alpha value is -2.93. The topological polar surface area (TPSA) is 88.9 Å². The second-order valence-corrected chi connectivity index (χ2v) is 8.41. The normalized spacial score (nSPS) is 29.9. The Balaban J connectivity index is 1.44. The summed E-state index contributed by atoms with van der Waals surface area (Å²) in [6.45, 7) is 6.24. The van der Waals surface area contributed by atoms with Gasteiger partial charge in [0, 0.05) is 29.2 Å². The molecule has 1 spiro atoms. The molecule has 29 heavy (non-hydrogen) atoms. The Morgan fingerprint density at radius 2 is 2.07 bits per heavy atom. The summed E-state index contributed by atoms with van der Waals surface area (Å²) in [5.41, 5.74) is 0.603. The number of ether oxygens (including phenoxy) is 1. The van der Waals surface area contributed by atoms with Crippen molar-refractivity contribution in [2.24, 2.45) is 11.8 Å². The van der Waals surface area contributed by atoms with Crippen LogP contribution in [0.25, 0.3) is 11.0 Å². The molecule has 2 bridgehead atoms. The smallest absolute Gasteiger partial charge is 0.336 e. The van der Waals surface area contributed by atoms with Crippen molar-refractivity contribution in [2.45, 2.75) is 38.5 Å². The van der Waals surface area contributed by atoms with Crippen molar-refractivity contribution in [1.82, 2.24) is 4.90 Å². The van der Waals surface area contributed by atoms with Crippen molar-refractivity contribution in [3.8, 4) is 0 Å². The number of hydrogen-bond donors (Lipinski definition) is 1. The molecule has 2 fully saturated rings. The number of amides is 2. The number of benzene rings is 1. The Labute approximate surface area is 167 Å². The number of fused-ring (bicyclic) bond motifs is 2. The SMILES string of the molecule is Cc1cc(=O)oc2cc(NC(=O)[C@H]3[C@@H]4C=C[C@@]5(CN(C(C)C)C(=O)[C@@H]35)O4)ccc12. The summed E-state index contributed by atoms with van der Waals surface area (Å²) >= 11 is 0. The first-order valence-corrected chi connectivity index (χ1v) is 9.82. The average Bonchev–Trinajstić information content (AvgIpc) is 3.29. The Morgan fingerprint density at radius 3 is 2.83 bits per heavy atom. The third-order valence-corrected chi connectivity index (χ3v) is 6.27. The maximum absolute atomic E-state index is 13.1. The third kappa shape index (κ3) is 2.57. The average molecular weight is 394 g/mol. The van der Waals surface area contributed by atoms with E-state index in [-0.39, 0.29) is 17.9 Å². The van der Waals surface area contributed by atoms with Crippen LogP contribution in [-0.4, -0.2) is 41.0 Å². The Kier molecular flexibility index (Phi) is 3.77. The Morgan fingerprint density at radius 1 is 1.28 bits per heavy atom. The number of hydrogen-bond acceptors (Lipinski definition) is 5. The lowest BCUT2D eigenvalue weighted by atomic mass is 9.76. The fraction of sp³-hybridized carbons (Fsp3) is 0.409. The van der Waals surface area contributed by atoms with Crippen molar-refractivity contribution < 1.29 is 18.7 Å². The van der Waals surface area contributed by atoms with Gasteiger partial charge < -0.3 is 19.4 Å². The molecule has 0 aliphatic carbocycles. The molecule has 1 aromatic heterocycles. The van der Waals surface area contributed by atoms with Gasteiger partial charge in [-0.05, 0) is 38.5 Å². The second-order valence-electron chi connectivity index (χ2n) is 8.41. The number of rotatable bonds is 3. The minimum absolute atomic E-state index is 0.0351. The van der Waals surface area contributed by atoms with Crippen LogP contribution in [0.15, 0.2) is 45.6 Å². The fourth-order valence-electron chi connectivity index (χ4n) is 4.89. The lowest BCUT2D eigenvalue weighted by Crippen LogP contribution is -2.42. The number of aryl methyl sites for hydroxylation is 1. The van der Waals surface area contributed by atoms with Crippen molar-refractivity contribution in [1.29, 1.82) is 0 Å². The summed E-state index contributed by atoms with van der Waals surface area (Å²) < 4.78 is 11.4. The van der Waals surface area contributed by atoms with E-state index in [1.807, 2.05) is 39.0 Å². The van der Waals surface area contributed by atoms with E-state index in [1.165, 1.54) is 6.07 Å². The lowest BCUT2D eigenvalue weighted by molar-refractivity contribution is -0.136. The van der Waals surface area contributed by atoms with Gasteiger partial charge in [-0.3, -0.25) is 9.59 Å². The highest BCUT2D eigenvalue weighted by molar-refractivity contribution is 6.00. The molecule has 0 saturated carbocycles. The molecule has 0 radical (unpaired) electrons. The number of nitrogens with one attached hydrogen (secondary N) is 1. The van der Waals surface area contributed by atoms with E-state index in [1.54, 1.807) is 17.0 Å². The molecule has 3 aliphatic rings. The van der Waals surface area contributed by atoms with Crippen LogP contribution < -0.4 is 10.9 Å². The number of anilines is 1. The molecule has 0 unspecified atom stereocenters. The largest absolute Gasteiger partial charge is 0.423 e. The van der Waals surface area contributed by atoms with E-state index in [0.29, 0.717) is 17.8 Å². The molecular formula is C22H22N2O5. The van der Waals surface area contributed by atoms with Gasteiger partial charge in [0.15, 0.2) is 0 Å². The first-order valence-electron chi connectivity index (χ1n) is 9.82. The zero-order valence-electron chi connectivity index (χ0n) is 16.5. The molecule has 2 aromatic rings. The quantitative estimate of drug-likeness (QED) is 0.637. The maximum Gasteiger partial charge on any atom is 0.336 e. The molecule has 1 N–H and O–H groups in total. The highest BCUT2D eigenvalue weighted by atomic mass is 16.5. The molecule has 1 aromatic carbocycles. The van der Waals surface area contributed by atoms with Crippen LogP contribution in [0.2, 0.25) is 0 Å². The molecule has 7 heteroatoms. The number of nitrogens with zero attached hydrogens (tertiary/aromatic N) is 1. The monoisotopic (exact) mass is 394 g/mol. The van der Waals surface area contributed by atoms with Gasteiger partial charge in [0.05, 0.1) is 24.5 Å². The lowest BCUT2D eigenvalue weighted by Gasteiger charge is -2.24. The minimum Gasteiger partial charge on any atom is -0.423 e. The van der Waals surface area contributed by atoms with Crippen LogP contribution in [0.1, 0.15) is 19.4 Å². The van der Waals surface area contributed by atoms with Crippen LogP contribution in [-0.2, 0) is 14.3 Å². The first kappa shape index (κ1) is 18.1. The third-order valence-electron chi connectivity index (χ3n) is 6.27. The maximum atomic E-state index is 13.1. The van der Waals surface area contributed by atoms with Gasteiger partial charge >= 0.3 is 5.63 Å². The first-order chi connectivity index (χ1) is 13.8. The van der Waals surface area contributed by atoms with E-state index in [0.717, 1.165) is 10.9 Å². The van der Waals surface area contributed by atoms with Gasteiger partial charge in [-0.2, -0.15) is 0 Å². The van der Waals surface area contributed by atoms with E-state index in [4.69, 9.17) is 9.15 Å². The predicted octanol–water partition coefficient (Wildman–Crippen LogP) is 2.23. The molecule has 2 saturated heterocycles. The van der Waals surface area contributed by atoms with Gasteiger partial charge in [0.1, 0.15) is 11.2 Å². The van der Waals surface area contributed by atoms with Gasteiger partial charge in [-0.25, -0.2) is 4.79 Å². The molecule has 4 atom stereocenters. The van der Waals surface area contributed by atoms with Crippen molar-refractivity contribution in [2.75, 3.05) is 11.9 Å². The summed E-state index contributed by atoms with van der Waals surface area (Å²) in [5.74, 6) is -1.40.